The van der Waals surface area contributed by atoms with Crippen LogP contribution < -0.4 is 10.6 Å². The van der Waals surface area contributed by atoms with Crippen LogP contribution in [0, 0.1) is 13.8 Å². The molecule has 0 aromatic heterocycles. The predicted octanol–water partition coefficient (Wildman–Crippen LogP) is 4.35. The number of rotatable bonds is 5. The summed E-state index contributed by atoms with van der Waals surface area (Å²) in [5, 5.41) is 0. The van der Waals surface area contributed by atoms with Crippen molar-refractivity contribution in [1.82, 2.24) is 0 Å². The monoisotopic (exact) mass is 282 g/mol. The van der Waals surface area contributed by atoms with Crippen LogP contribution in [0.1, 0.15) is 30.5 Å². The first kappa shape index (κ1) is 15.6. The Balaban J connectivity index is 2.43. The third kappa shape index (κ3) is 3.85. The van der Waals surface area contributed by atoms with Gasteiger partial charge in [-0.15, -0.1) is 0 Å². The number of benzene rings is 2. The lowest BCUT2D eigenvalue weighted by molar-refractivity contribution is 0.736. The summed E-state index contributed by atoms with van der Waals surface area (Å²) in [6.45, 7) is 9.45. The highest BCUT2D eigenvalue weighted by Gasteiger charge is 2.13. The quantitative estimate of drug-likeness (QED) is 0.883. The summed E-state index contributed by atoms with van der Waals surface area (Å²) < 4.78 is 0. The Hall–Kier alpha value is -1.80. The van der Waals surface area contributed by atoms with Crippen molar-refractivity contribution < 1.29 is 0 Å². The molecule has 2 nitrogen and oxygen atoms in total. The normalized spacial score (nSPS) is 12.2. The Kier molecular flexibility index (Phi) is 5.03. The van der Waals surface area contributed by atoms with Crippen LogP contribution in [0.4, 0.5) is 11.4 Å². The smallest absolute Gasteiger partial charge is 0.0443 e. The van der Waals surface area contributed by atoms with E-state index in [9.17, 15) is 0 Å². The molecule has 2 heteroatoms. The molecule has 0 fully saturated rings. The zero-order valence-corrected chi connectivity index (χ0v) is 13.6. The van der Waals surface area contributed by atoms with E-state index in [0.29, 0.717) is 0 Å². The molecule has 2 rings (SSSR count). The van der Waals surface area contributed by atoms with Gasteiger partial charge in [0.25, 0.3) is 0 Å². The highest BCUT2D eigenvalue weighted by Crippen LogP contribution is 2.30. The number of nitrogens with zero attached hydrogens (tertiary/aromatic N) is 1. The number of nitrogens with two attached hydrogens (primary N) is 1. The van der Waals surface area contributed by atoms with Crippen LogP contribution >= 0.6 is 0 Å². The van der Waals surface area contributed by atoms with Crippen LogP contribution in [0.15, 0.2) is 42.5 Å². The standard InChI is InChI=1S/C19H26N2/c1-5-21(18-9-6-14(2)7-10-18)19-11-8-15(3)12-17(19)13-16(4)20/h6-12,16H,5,13,20H2,1-4H3. The molecule has 2 aromatic rings. The zero-order valence-electron chi connectivity index (χ0n) is 13.6. The molecule has 0 amide bonds. The fraction of sp³-hybridized carbons (Fsp3) is 0.368. The third-order valence-corrected chi connectivity index (χ3v) is 3.73. The first-order chi connectivity index (χ1) is 10.0. The molecular weight excluding hydrogens is 256 g/mol. The average Bonchev–Trinajstić information content (AvgIpc) is 2.43. The number of hydrogen-bond acceptors (Lipinski definition) is 2. The molecule has 2 aromatic carbocycles. The van der Waals surface area contributed by atoms with Crippen molar-refractivity contribution in [2.75, 3.05) is 11.4 Å². The molecule has 0 aliphatic heterocycles. The van der Waals surface area contributed by atoms with Crippen molar-refractivity contribution >= 4 is 11.4 Å². The van der Waals surface area contributed by atoms with Crippen molar-refractivity contribution in [2.24, 2.45) is 5.73 Å². The Bertz CT molecular complexity index is 585. The van der Waals surface area contributed by atoms with E-state index in [4.69, 9.17) is 5.73 Å². The molecule has 0 spiro atoms. The SMILES string of the molecule is CCN(c1ccc(C)cc1)c1ccc(C)cc1CC(C)N. The van der Waals surface area contributed by atoms with Crippen LogP contribution in [0.5, 0.6) is 0 Å². The van der Waals surface area contributed by atoms with Crippen molar-refractivity contribution in [2.45, 2.75) is 40.2 Å². The van der Waals surface area contributed by atoms with Gasteiger partial charge < -0.3 is 10.6 Å². The molecule has 21 heavy (non-hydrogen) atoms. The highest BCUT2D eigenvalue weighted by molar-refractivity contribution is 5.67. The van der Waals surface area contributed by atoms with Crippen molar-refractivity contribution in [1.29, 1.82) is 0 Å². The first-order valence-corrected chi connectivity index (χ1v) is 7.70. The van der Waals surface area contributed by atoms with E-state index in [0.717, 1.165) is 13.0 Å². The third-order valence-electron chi connectivity index (χ3n) is 3.73. The van der Waals surface area contributed by atoms with E-state index >= 15 is 0 Å². The molecule has 0 saturated heterocycles. The van der Waals surface area contributed by atoms with E-state index < -0.39 is 0 Å². The van der Waals surface area contributed by atoms with Gasteiger partial charge in [-0.1, -0.05) is 35.4 Å². The minimum Gasteiger partial charge on any atom is -0.342 e. The lowest BCUT2D eigenvalue weighted by atomic mass is 10.0. The largest absolute Gasteiger partial charge is 0.342 e. The van der Waals surface area contributed by atoms with Crippen LogP contribution in [0.25, 0.3) is 0 Å². The molecule has 0 heterocycles. The Morgan fingerprint density at radius 2 is 1.62 bits per heavy atom. The van der Waals surface area contributed by atoms with Gasteiger partial charge in [0, 0.05) is 24.0 Å². The Labute approximate surface area is 128 Å². The van der Waals surface area contributed by atoms with Crippen LogP contribution in [-0.2, 0) is 6.42 Å². The van der Waals surface area contributed by atoms with Gasteiger partial charge in [-0.05, 0) is 57.9 Å². The molecule has 112 valence electrons. The van der Waals surface area contributed by atoms with E-state index in [1.807, 2.05) is 0 Å². The van der Waals surface area contributed by atoms with Crippen LogP contribution in [-0.4, -0.2) is 12.6 Å². The zero-order chi connectivity index (χ0) is 15.4. The molecule has 1 atom stereocenters. The van der Waals surface area contributed by atoms with Crippen molar-refractivity contribution in [3.63, 3.8) is 0 Å². The molecular formula is C19H26N2. The summed E-state index contributed by atoms with van der Waals surface area (Å²) in [6, 6.07) is 15.5. The maximum absolute atomic E-state index is 6.03. The molecule has 2 N–H and O–H groups in total. The van der Waals surface area contributed by atoms with Crippen LogP contribution in [0.2, 0.25) is 0 Å². The minimum absolute atomic E-state index is 0.169. The van der Waals surface area contributed by atoms with Gasteiger partial charge in [0.1, 0.15) is 0 Å². The fourth-order valence-corrected chi connectivity index (χ4v) is 2.70. The van der Waals surface area contributed by atoms with Crippen molar-refractivity contribution in [3.8, 4) is 0 Å². The van der Waals surface area contributed by atoms with E-state index in [1.54, 1.807) is 0 Å². The van der Waals surface area contributed by atoms with Gasteiger partial charge >= 0.3 is 0 Å². The minimum atomic E-state index is 0.169. The second-order valence-corrected chi connectivity index (χ2v) is 5.89. The first-order valence-electron chi connectivity index (χ1n) is 7.70. The summed E-state index contributed by atoms with van der Waals surface area (Å²) in [7, 11) is 0. The lowest BCUT2D eigenvalue weighted by Gasteiger charge is -2.27. The molecule has 0 saturated carbocycles. The van der Waals surface area contributed by atoms with Gasteiger partial charge in [-0.25, -0.2) is 0 Å². The van der Waals surface area contributed by atoms with Gasteiger partial charge in [0.05, 0.1) is 0 Å². The molecule has 0 radical (unpaired) electrons. The Morgan fingerprint density at radius 1 is 1.00 bits per heavy atom. The summed E-state index contributed by atoms with van der Waals surface area (Å²) in [6.07, 6.45) is 0.902. The van der Waals surface area contributed by atoms with E-state index in [1.165, 1.54) is 28.1 Å². The average molecular weight is 282 g/mol. The summed E-state index contributed by atoms with van der Waals surface area (Å²) in [5.41, 5.74) is 12.4. The van der Waals surface area contributed by atoms with E-state index in [2.05, 4.69) is 75.1 Å². The number of aryl methyl sites for hydroxylation is 2. The highest BCUT2D eigenvalue weighted by atomic mass is 15.1. The Morgan fingerprint density at radius 3 is 2.19 bits per heavy atom. The summed E-state index contributed by atoms with van der Waals surface area (Å²) >= 11 is 0. The van der Waals surface area contributed by atoms with Crippen LogP contribution in [0.3, 0.4) is 0 Å². The van der Waals surface area contributed by atoms with Gasteiger partial charge in [-0.3, -0.25) is 0 Å². The topological polar surface area (TPSA) is 29.3 Å². The maximum atomic E-state index is 6.03. The summed E-state index contributed by atoms with van der Waals surface area (Å²) in [5.74, 6) is 0. The summed E-state index contributed by atoms with van der Waals surface area (Å²) in [4.78, 5) is 2.36. The van der Waals surface area contributed by atoms with Gasteiger partial charge in [0.15, 0.2) is 0 Å². The van der Waals surface area contributed by atoms with E-state index in [-0.39, 0.29) is 6.04 Å². The molecule has 0 aliphatic rings. The van der Waals surface area contributed by atoms with Gasteiger partial charge in [0.2, 0.25) is 0 Å². The predicted molar refractivity (Wildman–Crippen MR) is 92.4 cm³/mol. The molecule has 0 bridgehead atoms. The number of hydrogen-bond donors (Lipinski definition) is 1. The lowest BCUT2D eigenvalue weighted by Crippen LogP contribution is -2.22. The maximum Gasteiger partial charge on any atom is 0.0443 e. The molecule has 1 unspecified atom stereocenters. The van der Waals surface area contributed by atoms with Crippen molar-refractivity contribution in [3.05, 3.63) is 59.2 Å². The second kappa shape index (κ2) is 6.77. The second-order valence-electron chi connectivity index (χ2n) is 5.89. The number of anilines is 2. The van der Waals surface area contributed by atoms with Gasteiger partial charge in [-0.2, -0.15) is 0 Å². The fourth-order valence-electron chi connectivity index (χ4n) is 2.70. The molecule has 0 aliphatic carbocycles.